The SMILES string of the molecule is CCC(CC)c1cc[n+](CC(=O)Nc2sc3c(c2C#N)CCCC3)cc1. The van der Waals surface area contributed by atoms with Crippen LogP contribution in [0.4, 0.5) is 5.00 Å². The Hall–Kier alpha value is -2.19. The second kappa shape index (κ2) is 8.46. The van der Waals surface area contributed by atoms with Crippen LogP contribution < -0.4 is 9.88 Å². The molecule has 0 aromatic carbocycles. The van der Waals surface area contributed by atoms with Gasteiger partial charge in [0.25, 0.3) is 5.91 Å². The molecule has 3 rings (SSSR count). The van der Waals surface area contributed by atoms with Gasteiger partial charge < -0.3 is 5.32 Å². The van der Waals surface area contributed by atoms with E-state index < -0.39 is 0 Å². The first-order valence-corrected chi connectivity index (χ1v) is 10.3. The van der Waals surface area contributed by atoms with Crippen LogP contribution in [0.5, 0.6) is 0 Å². The Bertz CT molecular complexity index is 813. The van der Waals surface area contributed by atoms with E-state index >= 15 is 0 Å². The molecule has 0 radical (unpaired) electrons. The highest BCUT2D eigenvalue weighted by molar-refractivity contribution is 7.16. The number of carbonyl (C=O) groups is 1. The van der Waals surface area contributed by atoms with E-state index in [0.717, 1.165) is 42.7 Å². The topological polar surface area (TPSA) is 56.8 Å². The third-order valence-corrected chi connectivity index (χ3v) is 6.44. The van der Waals surface area contributed by atoms with Gasteiger partial charge in [-0.05, 0) is 55.6 Å². The second-order valence-corrected chi connectivity index (χ2v) is 8.00. The fourth-order valence-corrected chi connectivity index (χ4v) is 4.97. The first kappa shape index (κ1) is 18.6. The van der Waals surface area contributed by atoms with Crippen LogP contribution in [0, 0.1) is 11.3 Å². The minimum atomic E-state index is -0.0830. The van der Waals surface area contributed by atoms with Crippen LogP contribution in [-0.4, -0.2) is 5.91 Å². The van der Waals surface area contributed by atoms with Gasteiger partial charge in [0, 0.05) is 17.0 Å². The molecule has 0 unspecified atom stereocenters. The van der Waals surface area contributed by atoms with Crippen molar-refractivity contribution in [1.29, 1.82) is 5.26 Å². The summed E-state index contributed by atoms with van der Waals surface area (Å²) in [6.45, 7) is 4.67. The predicted molar refractivity (Wildman–Crippen MR) is 104 cm³/mol. The van der Waals surface area contributed by atoms with E-state index in [-0.39, 0.29) is 12.5 Å². The number of nitrogens with zero attached hydrogens (tertiary/aromatic N) is 2. The van der Waals surface area contributed by atoms with Crippen molar-refractivity contribution >= 4 is 22.2 Å². The van der Waals surface area contributed by atoms with Gasteiger partial charge in [0.15, 0.2) is 12.4 Å². The van der Waals surface area contributed by atoms with Crippen LogP contribution >= 0.6 is 11.3 Å². The number of amides is 1. The van der Waals surface area contributed by atoms with Crippen LogP contribution in [0.2, 0.25) is 0 Å². The molecule has 1 N–H and O–H groups in total. The molecule has 2 heterocycles. The van der Waals surface area contributed by atoms with Gasteiger partial charge in [0.2, 0.25) is 6.54 Å². The Morgan fingerprint density at radius 3 is 2.62 bits per heavy atom. The smallest absolute Gasteiger partial charge is 0.290 e. The van der Waals surface area contributed by atoms with Crippen molar-refractivity contribution in [1.82, 2.24) is 0 Å². The summed E-state index contributed by atoms with van der Waals surface area (Å²) < 4.78 is 1.89. The van der Waals surface area contributed by atoms with Gasteiger partial charge in [-0.25, -0.2) is 0 Å². The molecule has 0 saturated heterocycles. The molecule has 0 spiro atoms. The molecule has 5 heteroatoms. The monoisotopic (exact) mass is 368 g/mol. The molecule has 4 nitrogen and oxygen atoms in total. The molecule has 0 saturated carbocycles. The van der Waals surface area contributed by atoms with E-state index in [1.165, 1.54) is 16.9 Å². The fraction of sp³-hybridized carbons (Fsp3) is 0.476. The molecule has 0 fully saturated rings. The molecule has 26 heavy (non-hydrogen) atoms. The van der Waals surface area contributed by atoms with Crippen molar-refractivity contribution in [2.45, 2.75) is 64.8 Å². The van der Waals surface area contributed by atoms with Crippen molar-refractivity contribution in [3.63, 3.8) is 0 Å². The lowest BCUT2D eigenvalue weighted by molar-refractivity contribution is -0.684. The van der Waals surface area contributed by atoms with Crippen molar-refractivity contribution in [2.75, 3.05) is 5.32 Å². The van der Waals surface area contributed by atoms with E-state index in [1.54, 1.807) is 11.3 Å². The van der Waals surface area contributed by atoms with Gasteiger partial charge in [-0.3, -0.25) is 4.79 Å². The molecule has 136 valence electrons. The number of hydrogen-bond acceptors (Lipinski definition) is 3. The number of pyridine rings is 1. The van der Waals surface area contributed by atoms with Crippen LogP contribution in [0.3, 0.4) is 0 Å². The molecule has 2 aromatic rings. The Morgan fingerprint density at radius 2 is 1.96 bits per heavy atom. The van der Waals surface area contributed by atoms with Crippen LogP contribution in [0.1, 0.15) is 67.0 Å². The number of rotatable bonds is 6. The zero-order chi connectivity index (χ0) is 18.5. The zero-order valence-corrected chi connectivity index (χ0v) is 16.4. The van der Waals surface area contributed by atoms with E-state index in [0.29, 0.717) is 11.5 Å². The Labute approximate surface area is 159 Å². The largest absolute Gasteiger partial charge is 0.311 e. The number of nitrogens with one attached hydrogen (secondary N) is 1. The maximum atomic E-state index is 12.5. The van der Waals surface area contributed by atoms with E-state index in [9.17, 15) is 10.1 Å². The average molecular weight is 369 g/mol. The second-order valence-electron chi connectivity index (χ2n) is 6.89. The highest BCUT2D eigenvalue weighted by Crippen LogP contribution is 2.37. The first-order valence-electron chi connectivity index (χ1n) is 9.49. The van der Waals surface area contributed by atoms with Crippen LogP contribution in [0.25, 0.3) is 0 Å². The molecule has 0 bridgehead atoms. The normalized spacial score (nSPS) is 13.3. The van der Waals surface area contributed by atoms with Crippen LogP contribution in [0.15, 0.2) is 24.5 Å². The van der Waals surface area contributed by atoms with Crippen LogP contribution in [-0.2, 0) is 24.2 Å². The number of thiophene rings is 1. The Kier molecular flexibility index (Phi) is 6.05. The van der Waals surface area contributed by atoms with Crippen molar-refractivity contribution in [2.24, 2.45) is 0 Å². The lowest BCUT2D eigenvalue weighted by atomic mass is 9.95. The summed E-state index contributed by atoms with van der Waals surface area (Å²) in [4.78, 5) is 13.7. The minimum absolute atomic E-state index is 0.0830. The van der Waals surface area contributed by atoms with Crippen molar-refractivity contribution < 1.29 is 9.36 Å². The number of aromatic nitrogens is 1. The molecule has 2 aromatic heterocycles. The van der Waals surface area contributed by atoms with Gasteiger partial charge in [0.05, 0.1) is 5.56 Å². The van der Waals surface area contributed by atoms with E-state index in [1.807, 2.05) is 17.0 Å². The summed E-state index contributed by atoms with van der Waals surface area (Å²) in [6.07, 6.45) is 10.5. The molecular formula is C21H26N3OS+. The minimum Gasteiger partial charge on any atom is -0.311 e. The van der Waals surface area contributed by atoms with E-state index in [2.05, 4.69) is 37.4 Å². The number of fused-ring (bicyclic) bond motifs is 1. The summed E-state index contributed by atoms with van der Waals surface area (Å²) in [5.74, 6) is 0.495. The van der Waals surface area contributed by atoms with Gasteiger partial charge in [0.1, 0.15) is 11.1 Å². The lowest BCUT2D eigenvalue weighted by Crippen LogP contribution is -2.39. The zero-order valence-electron chi connectivity index (χ0n) is 15.5. The van der Waals surface area contributed by atoms with Crippen molar-refractivity contribution in [3.05, 3.63) is 46.1 Å². The number of hydrogen-bond donors (Lipinski definition) is 1. The third-order valence-electron chi connectivity index (χ3n) is 5.24. The molecule has 0 aliphatic heterocycles. The molecular weight excluding hydrogens is 342 g/mol. The molecule has 1 aliphatic carbocycles. The summed E-state index contributed by atoms with van der Waals surface area (Å²) >= 11 is 1.57. The fourth-order valence-electron chi connectivity index (χ4n) is 3.71. The number of anilines is 1. The molecule has 0 atom stereocenters. The third kappa shape index (κ3) is 3.96. The predicted octanol–water partition coefficient (Wildman–Crippen LogP) is 4.33. The lowest BCUT2D eigenvalue weighted by Gasteiger charge is -2.11. The first-order chi connectivity index (χ1) is 12.7. The van der Waals surface area contributed by atoms with Gasteiger partial charge >= 0.3 is 0 Å². The maximum Gasteiger partial charge on any atom is 0.290 e. The Morgan fingerprint density at radius 1 is 1.27 bits per heavy atom. The highest BCUT2D eigenvalue weighted by Gasteiger charge is 2.22. The standard InChI is InChI=1S/C21H25N3OS/c1-3-15(4-2)16-9-11-24(12-10-16)14-20(25)23-21-18(13-22)17-7-5-6-8-19(17)26-21/h9-12,15H,3-8,14H2,1-2H3/p+1. The highest BCUT2D eigenvalue weighted by atomic mass is 32.1. The molecule has 1 aliphatic rings. The number of aryl methyl sites for hydroxylation is 1. The quantitative estimate of drug-likeness (QED) is 0.772. The van der Waals surface area contributed by atoms with E-state index in [4.69, 9.17) is 0 Å². The summed E-state index contributed by atoms with van der Waals surface area (Å²) in [7, 11) is 0. The van der Waals surface area contributed by atoms with Gasteiger partial charge in [-0.1, -0.05) is 13.8 Å². The summed E-state index contributed by atoms with van der Waals surface area (Å²) in [5, 5.41) is 13.2. The number of carbonyl (C=O) groups excluding carboxylic acids is 1. The average Bonchev–Trinajstić information content (AvgIpc) is 3.00. The number of nitriles is 1. The van der Waals surface area contributed by atoms with Gasteiger partial charge in [-0.2, -0.15) is 9.83 Å². The summed E-state index contributed by atoms with van der Waals surface area (Å²) in [6, 6.07) is 6.51. The molecule has 1 amide bonds. The maximum absolute atomic E-state index is 12.5. The van der Waals surface area contributed by atoms with Crippen molar-refractivity contribution in [3.8, 4) is 6.07 Å². The summed E-state index contributed by atoms with van der Waals surface area (Å²) in [5.41, 5.74) is 3.15. The van der Waals surface area contributed by atoms with Gasteiger partial charge in [-0.15, -0.1) is 11.3 Å². The Balaban J connectivity index is 1.68.